The van der Waals surface area contributed by atoms with Crippen LogP contribution in [0.1, 0.15) is 18.0 Å². The molecule has 1 aliphatic heterocycles. The Kier molecular flexibility index (Phi) is 5.15. The summed E-state index contributed by atoms with van der Waals surface area (Å²) in [6, 6.07) is 15.1. The highest BCUT2D eigenvalue weighted by Crippen LogP contribution is 2.33. The second-order valence-corrected chi connectivity index (χ2v) is 9.33. The van der Waals surface area contributed by atoms with Crippen LogP contribution in [0.15, 0.2) is 69.2 Å². The van der Waals surface area contributed by atoms with Crippen LogP contribution < -0.4 is 10.9 Å². The van der Waals surface area contributed by atoms with Crippen LogP contribution in [0.4, 0.5) is 5.69 Å². The standard InChI is InChI=1S/C22H18BrN5O2S/c1-13-2-8-16(9-3-13)28-20-18(11-24-28)21(30)27-17(12-31-22(27)26-20)10-19(29)25-15-6-4-14(23)5-7-15/h2-9,11,17H,10,12H2,1H3,(H,25,29). The predicted molar refractivity (Wildman–Crippen MR) is 125 cm³/mol. The van der Waals surface area contributed by atoms with Crippen molar-refractivity contribution >= 4 is 50.3 Å². The molecule has 1 aliphatic rings. The van der Waals surface area contributed by atoms with Gasteiger partial charge in [-0.15, -0.1) is 0 Å². The number of rotatable bonds is 4. The van der Waals surface area contributed by atoms with Gasteiger partial charge < -0.3 is 5.32 Å². The second-order valence-electron chi connectivity index (χ2n) is 7.42. The Hall–Kier alpha value is -2.91. The van der Waals surface area contributed by atoms with Crippen molar-refractivity contribution < 1.29 is 4.79 Å². The minimum absolute atomic E-state index is 0.136. The molecule has 31 heavy (non-hydrogen) atoms. The Labute approximate surface area is 190 Å². The van der Waals surface area contributed by atoms with E-state index in [0.717, 1.165) is 21.4 Å². The molecule has 4 aromatic rings. The van der Waals surface area contributed by atoms with Gasteiger partial charge in [0.2, 0.25) is 5.91 Å². The molecule has 2 aromatic heterocycles. The normalized spacial score (nSPS) is 15.2. The molecule has 0 saturated heterocycles. The molecule has 7 nitrogen and oxygen atoms in total. The number of hydrogen-bond donors (Lipinski definition) is 1. The third-order valence-electron chi connectivity index (χ3n) is 5.20. The van der Waals surface area contributed by atoms with E-state index in [1.807, 2.05) is 55.5 Å². The summed E-state index contributed by atoms with van der Waals surface area (Å²) in [5, 5.41) is 8.35. The Balaban J connectivity index is 1.44. The van der Waals surface area contributed by atoms with Crippen molar-refractivity contribution in [2.24, 2.45) is 0 Å². The number of benzene rings is 2. The number of halogens is 1. The van der Waals surface area contributed by atoms with E-state index < -0.39 is 0 Å². The highest BCUT2D eigenvalue weighted by molar-refractivity contribution is 9.10. The summed E-state index contributed by atoms with van der Waals surface area (Å²) in [5.74, 6) is 0.490. The number of carbonyl (C=O) groups is 1. The van der Waals surface area contributed by atoms with Crippen molar-refractivity contribution in [3.8, 4) is 5.69 Å². The van der Waals surface area contributed by atoms with E-state index in [2.05, 4.69) is 26.3 Å². The summed E-state index contributed by atoms with van der Waals surface area (Å²) in [7, 11) is 0. The topological polar surface area (TPSA) is 81.8 Å². The first-order valence-electron chi connectivity index (χ1n) is 9.75. The lowest BCUT2D eigenvalue weighted by Crippen LogP contribution is -2.27. The molecule has 0 spiro atoms. The minimum atomic E-state index is -0.248. The summed E-state index contributed by atoms with van der Waals surface area (Å²) < 4.78 is 4.26. The number of amides is 1. The van der Waals surface area contributed by atoms with E-state index in [9.17, 15) is 9.59 Å². The fourth-order valence-corrected chi connectivity index (χ4v) is 5.01. The third-order valence-corrected chi connectivity index (χ3v) is 6.82. The smallest absolute Gasteiger partial charge is 0.265 e. The van der Waals surface area contributed by atoms with Crippen LogP contribution in [0.25, 0.3) is 16.7 Å². The molecule has 1 amide bonds. The summed E-state index contributed by atoms with van der Waals surface area (Å²) in [4.78, 5) is 30.5. The molecule has 0 radical (unpaired) electrons. The highest BCUT2D eigenvalue weighted by atomic mass is 79.9. The molecule has 2 aromatic carbocycles. The van der Waals surface area contributed by atoms with Gasteiger partial charge in [0.05, 0.1) is 17.9 Å². The Morgan fingerprint density at radius 1 is 1.19 bits per heavy atom. The number of nitrogens with zero attached hydrogens (tertiary/aromatic N) is 4. The SMILES string of the molecule is Cc1ccc(-n2ncc3c(=O)n4c(nc32)SCC4CC(=O)Nc2ccc(Br)cc2)cc1. The molecular weight excluding hydrogens is 478 g/mol. The van der Waals surface area contributed by atoms with Gasteiger partial charge in [-0.25, -0.2) is 9.67 Å². The largest absolute Gasteiger partial charge is 0.326 e. The number of hydrogen-bond acceptors (Lipinski definition) is 5. The fraction of sp³-hybridized carbons (Fsp3) is 0.182. The summed E-state index contributed by atoms with van der Waals surface area (Å²) in [6.45, 7) is 2.02. The minimum Gasteiger partial charge on any atom is -0.326 e. The molecule has 1 atom stereocenters. The van der Waals surface area contributed by atoms with E-state index in [1.165, 1.54) is 11.8 Å². The number of fused-ring (bicyclic) bond motifs is 2. The lowest BCUT2D eigenvalue weighted by Gasteiger charge is -2.13. The van der Waals surface area contributed by atoms with Crippen molar-refractivity contribution in [1.82, 2.24) is 19.3 Å². The van der Waals surface area contributed by atoms with Gasteiger partial charge in [-0.3, -0.25) is 14.2 Å². The molecule has 0 saturated carbocycles. The lowest BCUT2D eigenvalue weighted by molar-refractivity contribution is -0.116. The van der Waals surface area contributed by atoms with E-state index in [1.54, 1.807) is 15.4 Å². The van der Waals surface area contributed by atoms with Gasteiger partial charge in [0, 0.05) is 22.3 Å². The number of thioether (sulfide) groups is 1. The lowest BCUT2D eigenvalue weighted by atomic mass is 10.2. The van der Waals surface area contributed by atoms with Crippen molar-refractivity contribution in [2.45, 2.75) is 24.5 Å². The van der Waals surface area contributed by atoms with Gasteiger partial charge in [0.1, 0.15) is 5.39 Å². The van der Waals surface area contributed by atoms with Crippen LogP contribution in [0.2, 0.25) is 0 Å². The van der Waals surface area contributed by atoms with Gasteiger partial charge >= 0.3 is 0 Å². The number of nitrogens with one attached hydrogen (secondary N) is 1. The van der Waals surface area contributed by atoms with Gasteiger partial charge in [-0.2, -0.15) is 5.10 Å². The fourth-order valence-electron chi connectivity index (χ4n) is 3.62. The van der Waals surface area contributed by atoms with Gasteiger partial charge in [0.25, 0.3) is 5.56 Å². The van der Waals surface area contributed by atoms with Crippen molar-refractivity contribution in [2.75, 3.05) is 11.1 Å². The second kappa shape index (κ2) is 7.97. The maximum absolute atomic E-state index is 13.2. The zero-order chi connectivity index (χ0) is 21.5. The predicted octanol–water partition coefficient (Wildman–Crippen LogP) is 4.33. The van der Waals surface area contributed by atoms with E-state index in [4.69, 9.17) is 4.98 Å². The number of aromatic nitrogens is 4. The molecule has 1 unspecified atom stereocenters. The molecule has 156 valence electrons. The van der Waals surface area contributed by atoms with Crippen molar-refractivity contribution in [3.05, 3.63) is 75.1 Å². The van der Waals surface area contributed by atoms with Crippen LogP contribution in [0, 0.1) is 6.92 Å². The first-order chi connectivity index (χ1) is 15.0. The number of anilines is 1. The van der Waals surface area contributed by atoms with Crippen molar-refractivity contribution in [1.29, 1.82) is 0 Å². The van der Waals surface area contributed by atoms with Crippen LogP contribution in [-0.2, 0) is 4.79 Å². The van der Waals surface area contributed by atoms with E-state index >= 15 is 0 Å². The number of carbonyl (C=O) groups excluding carboxylic acids is 1. The van der Waals surface area contributed by atoms with Crippen LogP contribution >= 0.6 is 27.7 Å². The monoisotopic (exact) mass is 495 g/mol. The Morgan fingerprint density at radius 3 is 2.68 bits per heavy atom. The zero-order valence-electron chi connectivity index (χ0n) is 16.6. The average molecular weight is 496 g/mol. The molecule has 0 aliphatic carbocycles. The quantitative estimate of drug-likeness (QED) is 0.426. The average Bonchev–Trinajstić information content (AvgIpc) is 3.35. The molecule has 3 heterocycles. The van der Waals surface area contributed by atoms with E-state index in [0.29, 0.717) is 21.9 Å². The molecule has 1 N–H and O–H groups in total. The van der Waals surface area contributed by atoms with Crippen LogP contribution in [0.3, 0.4) is 0 Å². The van der Waals surface area contributed by atoms with E-state index in [-0.39, 0.29) is 23.9 Å². The van der Waals surface area contributed by atoms with Gasteiger partial charge in [-0.1, -0.05) is 45.4 Å². The summed E-state index contributed by atoms with van der Waals surface area (Å²) >= 11 is 4.87. The van der Waals surface area contributed by atoms with Crippen molar-refractivity contribution in [3.63, 3.8) is 0 Å². The van der Waals surface area contributed by atoms with Gasteiger partial charge in [0.15, 0.2) is 10.8 Å². The zero-order valence-corrected chi connectivity index (χ0v) is 19.0. The molecule has 0 bridgehead atoms. The maximum Gasteiger partial charge on any atom is 0.265 e. The van der Waals surface area contributed by atoms with Crippen LogP contribution in [0.5, 0.6) is 0 Å². The summed E-state index contributed by atoms with van der Waals surface area (Å²) in [5.41, 5.74) is 3.09. The number of aryl methyl sites for hydroxylation is 1. The third kappa shape index (κ3) is 3.79. The summed E-state index contributed by atoms with van der Waals surface area (Å²) in [6.07, 6.45) is 1.76. The molecule has 9 heteroatoms. The Morgan fingerprint density at radius 2 is 1.94 bits per heavy atom. The molecule has 0 fully saturated rings. The molecule has 5 rings (SSSR count). The first kappa shape index (κ1) is 20.0. The molecular formula is C22H18BrN5O2S. The highest BCUT2D eigenvalue weighted by Gasteiger charge is 2.29. The first-order valence-corrected chi connectivity index (χ1v) is 11.5. The van der Waals surface area contributed by atoms with Crippen LogP contribution in [-0.4, -0.2) is 31.0 Å². The Bertz CT molecular complexity index is 1350. The maximum atomic E-state index is 13.2. The van der Waals surface area contributed by atoms with Gasteiger partial charge in [-0.05, 0) is 43.3 Å².